The number of aromatic nitrogens is 4. The number of tetrazole rings is 1. The molecule has 0 atom stereocenters. The van der Waals surface area contributed by atoms with E-state index >= 15 is 0 Å². The summed E-state index contributed by atoms with van der Waals surface area (Å²) in [4.78, 5) is 11.6. The van der Waals surface area contributed by atoms with Crippen LogP contribution in [-0.4, -0.2) is 26.1 Å². The summed E-state index contributed by atoms with van der Waals surface area (Å²) in [6.07, 6.45) is 0.0674. The molecule has 0 saturated heterocycles. The molecule has 0 unspecified atom stereocenters. The number of nitrogens with zero attached hydrogens (tertiary/aromatic N) is 4. The normalized spacial score (nSPS) is 10.3. The zero-order chi connectivity index (χ0) is 13.0. The SMILES string of the molecule is Cn1nnnc1CC(=O)NCc1ccccc1F. The predicted octanol–water partition coefficient (Wildman–Crippen LogP) is 0.208. The third-order valence-corrected chi connectivity index (χ3v) is 2.46. The number of amides is 1. The molecule has 1 aromatic carbocycles. The molecule has 0 aliphatic heterocycles. The summed E-state index contributed by atoms with van der Waals surface area (Å²) in [6, 6.07) is 6.30. The molecule has 0 spiro atoms. The average molecular weight is 249 g/mol. The summed E-state index contributed by atoms with van der Waals surface area (Å²) >= 11 is 0. The van der Waals surface area contributed by atoms with E-state index in [0.29, 0.717) is 11.4 Å². The van der Waals surface area contributed by atoms with Gasteiger partial charge in [-0.3, -0.25) is 4.79 Å². The van der Waals surface area contributed by atoms with E-state index in [1.54, 1.807) is 25.2 Å². The molecule has 6 nitrogen and oxygen atoms in total. The summed E-state index contributed by atoms with van der Waals surface area (Å²) < 4.78 is 14.7. The number of aryl methyl sites for hydroxylation is 1. The van der Waals surface area contributed by atoms with Crippen molar-refractivity contribution in [3.05, 3.63) is 41.5 Å². The smallest absolute Gasteiger partial charge is 0.227 e. The van der Waals surface area contributed by atoms with E-state index in [1.165, 1.54) is 10.7 Å². The highest BCUT2D eigenvalue weighted by molar-refractivity contribution is 5.77. The van der Waals surface area contributed by atoms with Gasteiger partial charge in [-0.15, -0.1) is 5.10 Å². The van der Waals surface area contributed by atoms with Gasteiger partial charge < -0.3 is 5.32 Å². The molecule has 2 rings (SSSR count). The second-order valence-corrected chi connectivity index (χ2v) is 3.76. The van der Waals surface area contributed by atoms with Crippen molar-refractivity contribution in [3.63, 3.8) is 0 Å². The second-order valence-electron chi connectivity index (χ2n) is 3.76. The molecule has 0 bridgehead atoms. The van der Waals surface area contributed by atoms with Crippen LogP contribution in [0.2, 0.25) is 0 Å². The van der Waals surface area contributed by atoms with E-state index in [4.69, 9.17) is 0 Å². The summed E-state index contributed by atoms with van der Waals surface area (Å²) in [7, 11) is 1.65. The molecule has 1 N–H and O–H groups in total. The van der Waals surface area contributed by atoms with Gasteiger partial charge in [0.25, 0.3) is 0 Å². The Labute approximate surface area is 103 Å². The van der Waals surface area contributed by atoms with Crippen molar-refractivity contribution in [2.45, 2.75) is 13.0 Å². The van der Waals surface area contributed by atoms with Crippen LogP contribution >= 0.6 is 0 Å². The van der Waals surface area contributed by atoms with Crippen molar-refractivity contribution in [2.75, 3.05) is 0 Å². The fourth-order valence-electron chi connectivity index (χ4n) is 1.44. The fraction of sp³-hybridized carbons (Fsp3) is 0.273. The van der Waals surface area contributed by atoms with Crippen LogP contribution in [0.3, 0.4) is 0 Å². The van der Waals surface area contributed by atoms with Gasteiger partial charge in [-0.05, 0) is 16.5 Å². The van der Waals surface area contributed by atoms with Crippen molar-refractivity contribution in [1.82, 2.24) is 25.5 Å². The van der Waals surface area contributed by atoms with Crippen molar-refractivity contribution >= 4 is 5.91 Å². The van der Waals surface area contributed by atoms with Crippen molar-refractivity contribution in [3.8, 4) is 0 Å². The Balaban J connectivity index is 1.90. The maximum absolute atomic E-state index is 13.3. The number of carbonyl (C=O) groups excluding carboxylic acids is 1. The van der Waals surface area contributed by atoms with E-state index in [1.807, 2.05) is 0 Å². The van der Waals surface area contributed by atoms with E-state index in [0.717, 1.165) is 0 Å². The molecule has 1 amide bonds. The lowest BCUT2D eigenvalue weighted by Crippen LogP contribution is -2.26. The lowest BCUT2D eigenvalue weighted by Gasteiger charge is -2.05. The standard InChI is InChI=1S/C11H12FN5O/c1-17-10(14-15-16-17)6-11(18)13-7-8-4-2-3-5-9(8)12/h2-5H,6-7H2,1H3,(H,13,18). The van der Waals surface area contributed by atoms with E-state index in [-0.39, 0.29) is 24.7 Å². The third kappa shape index (κ3) is 2.88. The maximum atomic E-state index is 13.3. The van der Waals surface area contributed by atoms with Gasteiger partial charge in [0.15, 0.2) is 5.82 Å². The molecule has 0 fully saturated rings. The number of benzene rings is 1. The quantitative estimate of drug-likeness (QED) is 0.840. The van der Waals surface area contributed by atoms with Gasteiger partial charge in [0.05, 0.1) is 6.42 Å². The lowest BCUT2D eigenvalue weighted by molar-refractivity contribution is -0.120. The Kier molecular flexibility index (Phi) is 3.61. The fourth-order valence-corrected chi connectivity index (χ4v) is 1.44. The minimum Gasteiger partial charge on any atom is -0.352 e. The van der Waals surface area contributed by atoms with Crippen LogP contribution in [0.5, 0.6) is 0 Å². The van der Waals surface area contributed by atoms with Gasteiger partial charge in [0.2, 0.25) is 5.91 Å². The first-order valence-electron chi connectivity index (χ1n) is 5.38. The molecular formula is C11H12FN5O. The van der Waals surface area contributed by atoms with Crippen LogP contribution in [0, 0.1) is 5.82 Å². The zero-order valence-corrected chi connectivity index (χ0v) is 9.80. The summed E-state index contributed by atoms with van der Waals surface area (Å²) in [6.45, 7) is 0.150. The Morgan fingerprint density at radius 3 is 2.89 bits per heavy atom. The molecule has 1 heterocycles. The van der Waals surface area contributed by atoms with Crippen LogP contribution in [0.15, 0.2) is 24.3 Å². The average Bonchev–Trinajstić information content (AvgIpc) is 2.74. The zero-order valence-electron chi connectivity index (χ0n) is 9.80. The van der Waals surface area contributed by atoms with Gasteiger partial charge in [-0.2, -0.15) is 0 Å². The molecule has 7 heteroatoms. The molecule has 0 aliphatic carbocycles. The first kappa shape index (κ1) is 12.2. The van der Waals surface area contributed by atoms with Gasteiger partial charge in [-0.1, -0.05) is 18.2 Å². The Bertz CT molecular complexity index is 554. The summed E-state index contributed by atoms with van der Waals surface area (Å²) in [5.74, 6) is -0.129. The van der Waals surface area contributed by atoms with Gasteiger partial charge >= 0.3 is 0 Å². The first-order chi connectivity index (χ1) is 8.66. The highest BCUT2D eigenvalue weighted by atomic mass is 19.1. The third-order valence-electron chi connectivity index (χ3n) is 2.46. The van der Waals surface area contributed by atoms with Gasteiger partial charge in [0, 0.05) is 19.2 Å². The predicted molar refractivity (Wildman–Crippen MR) is 60.7 cm³/mol. The number of carbonyl (C=O) groups is 1. The number of hydrogen-bond acceptors (Lipinski definition) is 4. The van der Waals surface area contributed by atoms with Crippen LogP contribution in [0.25, 0.3) is 0 Å². The van der Waals surface area contributed by atoms with Crippen molar-refractivity contribution < 1.29 is 9.18 Å². The van der Waals surface area contributed by atoms with E-state index in [2.05, 4.69) is 20.8 Å². The van der Waals surface area contributed by atoms with E-state index < -0.39 is 0 Å². The topological polar surface area (TPSA) is 72.7 Å². The molecule has 94 valence electrons. The minimum atomic E-state index is -0.335. The summed E-state index contributed by atoms with van der Waals surface area (Å²) in [5.41, 5.74) is 0.446. The highest BCUT2D eigenvalue weighted by Crippen LogP contribution is 2.05. The molecule has 2 aromatic rings. The van der Waals surface area contributed by atoms with E-state index in [9.17, 15) is 9.18 Å². The van der Waals surface area contributed by atoms with Crippen molar-refractivity contribution in [1.29, 1.82) is 0 Å². The van der Waals surface area contributed by atoms with Crippen LogP contribution in [0.4, 0.5) is 4.39 Å². The number of nitrogens with one attached hydrogen (secondary N) is 1. The first-order valence-corrected chi connectivity index (χ1v) is 5.38. The molecule has 0 radical (unpaired) electrons. The van der Waals surface area contributed by atoms with Crippen LogP contribution < -0.4 is 5.32 Å². The van der Waals surface area contributed by atoms with Crippen LogP contribution in [-0.2, 0) is 24.8 Å². The molecule has 0 aliphatic rings. The summed E-state index contributed by atoms with van der Waals surface area (Å²) in [5, 5.41) is 13.4. The molecule has 0 saturated carbocycles. The lowest BCUT2D eigenvalue weighted by atomic mass is 10.2. The number of rotatable bonds is 4. The maximum Gasteiger partial charge on any atom is 0.227 e. The van der Waals surface area contributed by atoms with Gasteiger partial charge in [0.1, 0.15) is 5.82 Å². The minimum absolute atomic E-state index is 0.0674. The van der Waals surface area contributed by atoms with Crippen molar-refractivity contribution in [2.24, 2.45) is 7.05 Å². The Hall–Kier alpha value is -2.31. The monoisotopic (exact) mass is 249 g/mol. The highest BCUT2D eigenvalue weighted by Gasteiger charge is 2.09. The van der Waals surface area contributed by atoms with Gasteiger partial charge in [-0.25, -0.2) is 9.07 Å². The number of hydrogen-bond donors (Lipinski definition) is 1. The molecule has 18 heavy (non-hydrogen) atoms. The largest absolute Gasteiger partial charge is 0.352 e. The second kappa shape index (κ2) is 5.35. The molecular weight excluding hydrogens is 237 g/mol. The van der Waals surface area contributed by atoms with Crippen LogP contribution in [0.1, 0.15) is 11.4 Å². The number of halogens is 1. The Morgan fingerprint density at radius 1 is 1.44 bits per heavy atom. The Morgan fingerprint density at radius 2 is 2.22 bits per heavy atom. The molecule has 1 aromatic heterocycles.